The van der Waals surface area contributed by atoms with Gasteiger partial charge in [-0.05, 0) is 32.3 Å². The van der Waals surface area contributed by atoms with Crippen molar-refractivity contribution in [2.24, 2.45) is 5.73 Å². The number of rotatable bonds is 5. The third-order valence-corrected chi connectivity index (χ3v) is 3.41. The number of nitrogens with zero attached hydrogens (tertiary/aromatic N) is 2. The Hall–Kier alpha value is -1.61. The number of hydrogen-bond donors (Lipinski definition) is 1. The Morgan fingerprint density at radius 3 is 2.50 bits per heavy atom. The van der Waals surface area contributed by atoms with E-state index < -0.39 is 0 Å². The van der Waals surface area contributed by atoms with Gasteiger partial charge in [0.05, 0.1) is 5.69 Å². The minimum absolute atomic E-state index is 0.580. The van der Waals surface area contributed by atoms with Crippen molar-refractivity contribution >= 4 is 0 Å². The fraction of sp³-hybridized carbons (Fsp3) is 0.400. The largest absolute Gasteiger partial charge is 0.326 e. The molecule has 96 valence electrons. The number of aromatic nitrogens is 2. The average Bonchev–Trinajstić information content (AvgIpc) is 2.65. The van der Waals surface area contributed by atoms with Gasteiger partial charge < -0.3 is 5.73 Å². The topological polar surface area (TPSA) is 43.8 Å². The zero-order chi connectivity index (χ0) is 13.0. The van der Waals surface area contributed by atoms with Crippen molar-refractivity contribution in [3.8, 4) is 0 Å². The van der Waals surface area contributed by atoms with Crippen molar-refractivity contribution in [3.05, 3.63) is 52.8 Å². The molecule has 0 radical (unpaired) electrons. The van der Waals surface area contributed by atoms with Gasteiger partial charge in [-0.25, -0.2) is 0 Å². The van der Waals surface area contributed by atoms with E-state index in [1.165, 1.54) is 16.8 Å². The van der Waals surface area contributed by atoms with Crippen LogP contribution >= 0.6 is 0 Å². The molecule has 0 aliphatic rings. The second-order valence-corrected chi connectivity index (χ2v) is 4.67. The molecule has 0 unspecified atom stereocenters. The van der Waals surface area contributed by atoms with Gasteiger partial charge in [-0.2, -0.15) is 5.10 Å². The molecule has 0 aliphatic heterocycles. The van der Waals surface area contributed by atoms with E-state index in [2.05, 4.69) is 47.0 Å². The highest BCUT2D eigenvalue weighted by Gasteiger charge is 2.09. The van der Waals surface area contributed by atoms with Gasteiger partial charge in [-0.1, -0.05) is 30.3 Å². The molecule has 0 spiro atoms. The summed E-state index contributed by atoms with van der Waals surface area (Å²) in [7, 11) is 0. The number of hydrogen-bond acceptors (Lipinski definition) is 2. The van der Waals surface area contributed by atoms with Crippen LogP contribution in [0.5, 0.6) is 0 Å². The molecule has 18 heavy (non-hydrogen) atoms. The van der Waals surface area contributed by atoms with E-state index in [9.17, 15) is 0 Å². The van der Waals surface area contributed by atoms with Crippen molar-refractivity contribution in [2.75, 3.05) is 0 Å². The zero-order valence-electron chi connectivity index (χ0n) is 11.2. The number of benzene rings is 1. The van der Waals surface area contributed by atoms with Crippen molar-refractivity contribution in [3.63, 3.8) is 0 Å². The summed E-state index contributed by atoms with van der Waals surface area (Å²) in [5.41, 5.74) is 10.6. The van der Waals surface area contributed by atoms with Gasteiger partial charge in [-0.15, -0.1) is 0 Å². The maximum Gasteiger partial charge on any atom is 0.0641 e. The summed E-state index contributed by atoms with van der Waals surface area (Å²) < 4.78 is 2.08. The SMILES string of the molecule is Cc1nn(CCCc2ccccc2)c(C)c1CN. The van der Waals surface area contributed by atoms with E-state index in [0.717, 1.165) is 25.1 Å². The third kappa shape index (κ3) is 2.79. The molecule has 2 aromatic rings. The van der Waals surface area contributed by atoms with Crippen LogP contribution in [0.25, 0.3) is 0 Å². The first-order valence-electron chi connectivity index (χ1n) is 6.49. The molecule has 0 aliphatic carbocycles. The summed E-state index contributed by atoms with van der Waals surface area (Å²) in [5.74, 6) is 0. The predicted molar refractivity (Wildman–Crippen MR) is 74.4 cm³/mol. The normalized spacial score (nSPS) is 10.8. The van der Waals surface area contributed by atoms with Crippen LogP contribution < -0.4 is 5.73 Å². The first-order chi connectivity index (χ1) is 8.72. The minimum Gasteiger partial charge on any atom is -0.326 e. The highest BCUT2D eigenvalue weighted by Crippen LogP contribution is 2.13. The van der Waals surface area contributed by atoms with Gasteiger partial charge >= 0.3 is 0 Å². The van der Waals surface area contributed by atoms with E-state index in [4.69, 9.17) is 5.73 Å². The molecule has 0 atom stereocenters. The molecule has 0 fully saturated rings. The Bertz CT molecular complexity index is 500. The Morgan fingerprint density at radius 1 is 1.17 bits per heavy atom. The van der Waals surface area contributed by atoms with E-state index in [-0.39, 0.29) is 0 Å². The Kier molecular flexibility index (Phi) is 4.15. The zero-order valence-corrected chi connectivity index (χ0v) is 11.2. The first-order valence-corrected chi connectivity index (χ1v) is 6.49. The standard InChI is InChI=1S/C15H21N3/c1-12-15(11-16)13(2)18(17-12)10-6-9-14-7-4-3-5-8-14/h3-5,7-8H,6,9-11,16H2,1-2H3. The van der Waals surface area contributed by atoms with Crippen molar-refractivity contribution in [1.82, 2.24) is 9.78 Å². The lowest BCUT2D eigenvalue weighted by molar-refractivity contribution is 0.561. The second kappa shape index (κ2) is 5.83. The Balaban J connectivity index is 1.95. The maximum atomic E-state index is 5.73. The van der Waals surface area contributed by atoms with Crippen LogP contribution in [0.1, 0.15) is 28.9 Å². The first kappa shape index (κ1) is 12.8. The maximum absolute atomic E-state index is 5.73. The lowest BCUT2D eigenvalue weighted by Crippen LogP contribution is -2.05. The summed E-state index contributed by atoms with van der Waals surface area (Å²) >= 11 is 0. The number of nitrogens with two attached hydrogens (primary N) is 1. The summed E-state index contributed by atoms with van der Waals surface area (Å²) in [6.07, 6.45) is 2.20. The Morgan fingerprint density at radius 2 is 1.89 bits per heavy atom. The molecule has 1 aromatic heterocycles. The smallest absolute Gasteiger partial charge is 0.0641 e. The molecule has 0 bridgehead atoms. The van der Waals surface area contributed by atoms with E-state index in [1.54, 1.807) is 0 Å². The van der Waals surface area contributed by atoms with Crippen LogP contribution in [-0.4, -0.2) is 9.78 Å². The lowest BCUT2D eigenvalue weighted by atomic mass is 10.1. The van der Waals surface area contributed by atoms with Gasteiger partial charge in [0.25, 0.3) is 0 Å². The molecular formula is C15H21N3. The molecule has 1 heterocycles. The van der Waals surface area contributed by atoms with Crippen LogP contribution in [-0.2, 0) is 19.5 Å². The molecule has 0 saturated carbocycles. The van der Waals surface area contributed by atoms with E-state index >= 15 is 0 Å². The van der Waals surface area contributed by atoms with Crippen molar-refractivity contribution < 1.29 is 0 Å². The van der Waals surface area contributed by atoms with Gasteiger partial charge in [0.15, 0.2) is 0 Å². The molecule has 3 heteroatoms. The molecule has 3 nitrogen and oxygen atoms in total. The summed E-state index contributed by atoms with van der Waals surface area (Å²) in [5, 5.41) is 4.55. The average molecular weight is 243 g/mol. The Labute approximate surface area is 109 Å². The number of aryl methyl sites for hydroxylation is 3. The fourth-order valence-corrected chi connectivity index (χ4v) is 2.32. The van der Waals surface area contributed by atoms with Crippen LogP contribution in [0.15, 0.2) is 30.3 Å². The van der Waals surface area contributed by atoms with Crippen LogP contribution in [0.2, 0.25) is 0 Å². The van der Waals surface area contributed by atoms with Gasteiger partial charge in [0.2, 0.25) is 0 Å². The van der Waals surface area contributed by atoms with Crippen LogP contribution in [0, 0.1) is 13.8 Å². The van der Waals surface area contributed by atoms with E-state index in [0.29, 0.717) is 6.54 Å². The summed E-state index contributed by atoms with van der Waals surface area (Å²) in [6.45, 7) is 5.67. The van der Waals surface area contributed by atoms with Crippen molar-refractivity contribution in [2.45, 2.75) is 39.8 Å². The second-order valence-electron chi connectivity index (χ2n) is 4.67. The highest BCUT2D eigenvalue weighted by molar-refractivity contribution is 5.24. The highest BCUT2D eigenvalue weighted by atomic mass is 15.3. The third-order valence-electron chi connectivity index (χ3n) is 3.41. The van der Waals surface area contributed by atoms with Crippen LogP contribution in [0.3, 0.4) is 0 Å². The minimum atomic E-state index is 0.580. The van der Waals surface area contributed by atoms with Gasteiger partial charge in [-0.3, -0.25) is 4.68 Å². The summed E-state index contributed by atoms with van der Waals surface area (Å²) in [4.78, 5) is 0. The fourth-order valence-electron chi connectivity index (χ4n) is 2.32. The molecule has 0 amide bonds. The lowest BCUT2D eigenvalue weighted by Gasteiger charge is -2.05. The van der Waals surface area contributed by atoms with E-state index in [1.807, 2.05) is 6.92 Å². The predicted octanol–water partition coefficient (Wildman–Crippen LogP) is 2.59. The molecule has 2 rings (SSSR count). The quantitative estimate of drug-likeness (QED) is 0.877. The molecular weight excluding hydrogens is 222 g/mol. The van der Waals surface area contributed by atoms with Gasteiger partial charge in [0.1, 0.15) is 0 Å². The summed E-state index contributed by atoms with van der Waals surface area (Å²) in [6, 6.07) is 10.6. The van der Waals surface area contributed by atoms with Gasteiger partial charge in [0, 0.05) is 24.3 Å². The molecule has 1 aromatic carbocycles. The van der Waals surface area contributed by atoms with Crippen LogP contribution in [0.4, 0.5) is 0 Å². The van der Waals surface area contributed by atoms with Crippen molar-refractivity contribution in [1.29, 1.82) is 0 Å². The molecule has 0 saturated heterocycles. The monoisotopic (exact) mass is 243 g/mol. The molecule has 2 N–H and O–H groups in total.